The van der Waals surface area contributed by atoms with Gasteiger partial charge in [0.05, 0.1) is 12.2 Å². The molecule has 7 heteroatoms. The van der Waals surface area contributed by atoms with Crippen molar-refractivity contribution in [2.24, 2.45) is 4.99 Å². The summed E-state index contributed by atoms with van der Waals surface area (Å²) < 4.78 is 0. The standard InChI is InChI=1S/C23H27N5OS/c1-16-20(30-21(27-16)18-8-6-5-7-9-18)15-26-23(24-2)25-14-17-10-12-19(13-11-17)22(29)28(3)4/h5-13H,14-15H2,1-4H3,(H2,24,25,26). The summed E-state index contributed by atoms with van der Waals surface area (Å²) >= 11 is 1.69. The molecule has 6 nitrogen and oxygen atoms in total. The molecule has 1 amide bonds. The molecule has 2 N–H and O–H groups in total. The molecule has 3 rings (SSSR count). The van der Waals surface area contributed by atoms with E-state index in [9.17, 15) is 4.79 Å². The first kappa shape index (κ1) is 21.5. The number of aromatic nitrogens is 1. The fourth-order valence-corrected chi connectivity index (χ4v) is 3.90. The van der Waals surface area contributed by atoms with E-state index in [-0.39, 0.29) is 5.91 Å². The van der Waals surface area contributed by atoms with Gasteiger partial charge in [0.15, 0.2) is 5.96 Å². The molecule has 156 valence electrons. The molecule has 0 spiro atoms. The maximum Gasteiger partial charge on any atom is 0.253 e. The van der Waals surface area contributed by atoms with Gasteiger partial charge < -0.3 is 15.5 Å². The van der Waals surface area contributed by atoms with E-state index in [1.807, 2.05) is 49.4 Å². The number of hydrogen-bond acceptors (Lipinski definition) is 4. The highest BCUT2D eigenvalue weighted by atomic mass is 32.1. The summed E-state index contributed by atoms with van der Waals surface area (Å²) in [6.45, 7) is 3.31. The minimum absolute atomic E-state index is 0.00165. The molecule has 1 aromatic heterocycles. The highest BCUT2D eigenvalue weighted by Gasteiger charge is 2.10. The van der Waals surface area contributed by atoms with Crippen LogP contribution in [0.3, 0.4) is 0 Å². The average molecular weight is 422 g/mol. The van der Waals surface area contributed by atoms with Gasteiger partial charge in [-0.2, -0.15) is 0 Å². The Labute approximate surface area is 181 Å². The number of thiazole rings is 1. The van der Waals surface area contributed by atoms with Gasteiger partial charge in [-0.25, -0.2) is 4.98 Å². The molecule has 2 aromatic carbocycles. The Bertz CT molecular complexity index is 1010. The minimum atomic E-state index is 0.00165. The summed E-state index contributed by atoms with van der Waals surface area (Å²) in [5.74, 6) is 0.722. The van der Waals surface area contributed by atoms with Gasteiger partial charge in [-0.05, 0) is 24.6 Å². The van der Waals surface area contributed by atoms with Crippen LogP contribution < -0.4 is 10.6 Å². The number of nitrogens with one attached hydrogen (secondary N) is 2. The fourth-order valence-electron chi connectivity index (χ4n) is 2.89. The number of nitrogens with zero attached hydrogens (tertiary/aromatic N) is 3. The van der Waals surface area contributed by atoms with Crippen molar-refractivity contribution in [2.75, 3.05) is 21.1 Å². The zero-order valence-corrected chi connectivity index (χ0v) is 18.6. The second-order valence-electron chi connectivity index (χ2n) is 7.07. The SMILES string of the molecule is CN=C(NCc1ccc(C(=O)N(C)C)cc1)NCc1sc(-c2ccccc2)nc1C. The lowest BCUT2D eigenvalue weighted by Crippen LogP contribution is -2.36. The van der Waals surface area contributed by atoms with Crippen LogP contribution >= 0.6 is 11.3 Å². The van der Waals surface area contributed by atoms with Gasteiger partial charge in [0.1, 0.15) is 5.01 Å². The number of benzene rings is 2. The van der Waals surface area contributed by atoms with Crippen LogP contribution in [0.5, 0.6) is 0 Å². The highest BCUT2D eigenvalue weighted by molar-refractivity contribution is 7.15. The van der Waals surface area contributed by atoms with Crippen LogP contribution in [-0.2, 0) is 13.1 Å². The van der Waals surface area contributed by atoms with E-state index in [0.717, 1.165) is 27.8 Å². The molecular weight excluding hydrogens is 394 g/mol. The van der Waals surface area contributed by atoms with Crippen molar-refractivity contribution in [3.63, 3.8) is 0 Å². The molecule has 0 unspecified atom stereocenters. The average Bonchev–Trinajstić information content (AvgIpc) is 3.15. The highest BCUT2D eigenvalue weighted by Crippen LogP contribution is 2.27. The normalized spacial score (nSPS) is 11.3. The Morgan fingerprint density at radius 2 is 1.70 bits per heavy atom. The molecule has 0 aliphatic rings. The van der Waals surface area contributed by atoms with Gasteiger partial charge in [0.2, 0.25) is 0 Å². The van der Waals surface area contributed by atoms with Gasteiger partial charge >= 0.3 is 0 Å². The number of aryl methyl sites for hydroxylation is 1. The number of rotatable bonds is 6. The molecule has 0 atom stereocenters. The summed E-state index contributed by atoms with van der Waals surface area (Å²) in [7, 11) is 5.26. The number of carbonyl (C=O) groups excluding carboxylic acids is 1. The predicted octanol–water partition coefficient (Wildman–Crippen LogP) is 3.69. The van der Waals surface area contributed by atoms with Crippen molar-refractivity contribution in [2.45, 2.75) is 20.0 Å². The Morgan fingerprint density at radius 1 is 1.03 bits per heavy atom. The smallest absolute Gasteiger partial charge is 0.253 e. The minimum Gasteiger partial charge on any atom is -0.352 e. The van der Waals surface area contributed by atoms with E-state index >= 15 is 0 Å². The van der Waals surface area contributed by atoms with Crippen molar-refractivity contribution in [1.29, 1.82) is 0 Å². The summed E-state index contributed by atoms with van der Waals surface area (Å²) in [6.07, 6.45) is 0. The maximum atomic E-state index is 12.0. The van der Waals surface area contributed by atoms with E-state index in [4.69, 9.17) is 4.98 Å². The van der Waals surface area contributed by atoms with Gasteiger partial charge in [0.25, 0.3) is 5.91 Å². The first-order chi connectivity index (χ1) is 14.5. The third-order valence-corrected chi connectivity index (χ3v) is 5.83. The summed E-state index contributed by atoms with van der Waals surface area (Å²) in [5, 5.41) is 7.70. The lowest BCUT2D eigenvalue weighted by Gasteiger charge is -2.13. The lowest BCUT2D eigenvalue weighted by molar-refractivity contribution is 0.0827. The van der Waals surface area contributed by atoms with Crippen LogP contribution in [0.4, 0.5) is 0 Å². The number of aliphatic imine (C=N–C) groups is 1. The van der Waals surface area contributed by atoms with Crippen LogP contribution in [0.15, 0.2) is 59.6 Å². The number of guanidine groups is 1. The lowest BCUT2D eigenvalue weighted by atomic mass is 10.1. The number of hydrogen-bond donors (Lipinski definition) is 2. The Hall–Kier alpha value is -3.19. The first-order valence-corrected chi connectivity index (χ1v) is 10.6. The molecule has 0 saturated carbocycles. The van der Waals surface area contributed by atoms with Gasteiger partial charge in [0, 0.05) is 43.7 Å². The quantitative estimate of drug-likeness (QED) is 0.471. The van der Waals surface area contributed by atoms with Crippen LogP contribution in [0.1, 0.15) is 26.5 Å². The van der Waals surface area contributed by atoms with Crippen LogP contribution in [0.2, 0.25) is 0 Å². The van der Waals surface area contributed by atoms with Crippen molar-refractivity contribution < 1.29 is 4.79 Å². The van der Waals surface area contributed by atoms with E-state index in [1.165, 1.54) is 4.88 Å². The predicted molar refractivity (Wildman–Crippen MR) is 124 cm³/mol. The maximum absolute atomic E-state index is 12.0. The van der Waals surface area contributed by atoms with Crippen molar-refractivity contribution in [3.8, 4) is 10.6 Å². The Kier molecular flexibility index (Phi) is 7.19. The monoisotopic (exact) mass is 421 g/mol. The molecule has 0 saturated heterocycles. The third-order valence-electron chi connectivity index (χ3n) is 4.62. The van der Waals surface area contributed by atoms with Crippen molar-refractivity contribution >= 4 is 23.2 Å². The molecule has 1 heterocycles. The van der Waals surface area contributed by atoms with Crippen LogP contribution in [0.25, 0.3) is 10.6 Å². The molecular formula is C23H27N5OS. The topological polar surface area (TPSA) is 69.6 Å². The van der Waals surface area contributed by atoms with E-state index < -0.39 is 0 Å². The largest absolute Gasteiger partial charge is 0.352 e. The van der Waals surface area contributed by atoms with Gasteiger partial charge in [-0.3, -0.25) is 9.79 Å². The van der Waals surface area contributed by atoms with E-state index in [2.05, 4.69) is 27.8 Å². The van der Waals surface area contributed by atoms with Crippen LogP contribution in [0, 0.1) is 6.92 Å². The van der Waals surface area contributed by atoms with Crippen molar-refractivity contribution in [3.05, 3.63) is 76.3 Å². The van der Waals surface area contributed by atoms with E-state index in [0.29, 0.717) is 18.7 Å². The molecule has 0 radical (unpaired) electrons. The molecule has 0 bridgehead atoms. The Morgan fingerprint density at radius 3 is 2.33 bits per heavy atom. The van der Waals surface area contributed by atoms with Crippen molar-refractivity contribution in [1.82, 2.24) is 20.5 Å². The molecule has 0 aliphatic carbocycles. The first-order valence-electron chi connectivity index (χ1n) is 9.74. The molecule has 3 aromatic rings. The Balaban J connectivity index is 1.55. The summed E-state index contributed by atoms with van der Waals surface area (Å²) in [6, 6.07) is 17.8. The van der Waals surface area contributed by atoms with Crippen LogP contribution in [-0.4, -0.2) is 42.9 Å². The van der Waals surface area contributed by atoms with E-state index in [1.54, 1.807) is 37.4 Å². The number of amides is 1. The zero-order chi connectivity index (χ0) is 21.5. The zero-order valence-electron chi connectivity index (χ0n) is 17.8. The summed E-state index contributed by atoms with van der Waals surface area (Å²) in [5.41, 5.74) is 3.92. The van der Waals surface area contributed by atoms with Gasteiger partial charge in [-0.15, -0.1) is 11.3 Å². The second-order valence-corrected chi connectivity index (χ2v) is 8.15. The van der Waals surface area contributed by atoms with Gasteiger partial charge in [-0.1, -0.05) is 42.5 Å². The number of carbonyl (C=O) groups is 1. The molecule has 0 fully saturated rings. The molecule has 0 aliphatic heterocycles. The fraction of sp³-hybridized carbons (Fsp3) is 0.261. The molecule has 30 heavy (non-hydrogen) atoms. The second kappa shape index (κ2) is 10.0. The third kappa shape index (κ3) is 5.45. The summed E-state index contributed by atoms with van der Waals surface area (Å²) in [4.78, 5) is 23.7.